The highest BCUT2D eigenvalue weighted by Crippen LogP contribution is 2.39. The maximum absolute atomic E-state index is 14.9. The van der Waals surface area contributed by atoms with Crippen LogP contribution in [0.5, 0.6) is 5.75 Å². The standard InChI is InChI=1S/C21H24FN2O2/c1-26-17-11-12-18(19(22)14-17)21(25)15-23-13-7-3-6-10-20(23)24(21)16-8-4-2-5-9-16/h2,4-5,8-9,11-12,14,25H,3,6-7,10,13,15H2,1H3/q+1/t21-/m0/s1. The van der Waals surface area contributed by atoms with Gasteiger partial charge < -0.3 is 9.84 Å². The number of nitrogens with zero attached hydrogens (tertiary/aromatic N) is 2. The van der Waals surface area contributed by atoms with Crippen molar-refractivity contribution < 1.29 is 18.8 Å². The Morgan fingerprint density at radius 3 is 2.65 bits per heavy atom. The van der Waals surface area contributed by atoms with E-state index in [9.17, 15) is 9.50 Å². The van der Waals surface area contributed by atoms with Gasteiger partial charge in [-0.15, -0.1) is 0 Å². The van der Waals surface area contributed by atoms with Crippen LogP contribution in [0.1, 0.15) is 31.2 Å². The maximum atomic E-state index is 14.9. The summed E-state index contributed by atoms with van der Waals surface area (Å²) in [4.78, 5) is 1.92. The summed E-state index contributed by atoms with van der Waals surface area (Å²) in [5, 5.41) is 11.7. The van der Waals surface area contributed by atoms with Gasteiger partial charge in [0.15, 0.2) is 6.54 Å². The number of aliphatic hydroxyl groups is 1. The Morgan fingerprint density at radius 1 is 1.12 bits per heavy atom. The average molecular weight is 355 g/mol. The van der Waals surface area contributed by atoms with Gasteiger partial charge in [0.1, 0.15) is 17.3 Å². The molecular weight excluding hydrogens is 331 g/mol. The van der Waals surface area contributed by atoms with Crippen LogP contribution in [0.4, 0.5) is 10.1 Å². The van der Waals surface area contributed by atoms with E-state index in [2.05, 4.69) is 4.58 Å². The van der Waals surface area contributed by atoms with E-state index >= 15 is 0 Å². The number of hydrogen-bond acceptors (Lipinski definition) is 3. The zero-order valence-electron chi connectivity index (χ0n) is 15.0. The van der Waals surface area contributed by atoms with Crippen LogP contribution in [-0.4, -0.2) is 35.7 Å². The Labute approximate surface area is 153 Å². The number of anilines is 1. The number of rotatable bonds is 3. The number of methoxy groups -OCH3 is 1. The third-order valence-electron chi connectivity index (χ3n) is 5.35. The molecule has 2 aromatic carbocycles. The van der Waals surface area contributed by atoms with Gasteiger partial charge in [-0.1, -0.05) is 18.2 Å². The summed E-state index contributed by atoms with van der Waals surface area (Å²) in [5.41, 5.74) is -0.281. The first-order chi connectivity index (χ1) is 12.6. The van der Waals surface area contributed by atoms with Crippen LogP contribution in [0.25, 0.3) is 0 Å². The zero-order chi connectivity index (χ0) is 18.1. The van der Waals surface area contributed by atoms with E-state index in [4.69, 9.17) is 4.74 Å². The van der Waals surface area contributed by atoms with Gasteiger partial charge in [-0.05, 0) is 43.5 Å². The van der Waals surface area contributed by atoms with Gasteiger partial charge in [-0.25, -0.2) is 4.39 Å². The summed E-state index contributed by atoms with van der Waals surface area (Å²) in [7, 11) is 1.51. The van der Waals surface area contributed by atoms with Crippen molar-refractivity contribution in [3.8, 4) is 5.75 Å². The van der Waals surface area contributed by atoms with Crippen molar-refractivity contribution in [2.45, 2.75) is 31.4 Å². The van der Waals surface area contributed by atoms with Gasteiger partial charge in [0, 0.05) is 12.5 Å². The van der Waals surface area contributed by atoms with E-state index in [0.717, 1.165) is 37.3 Å². The highest BCUT2D eigenvalue weighted by Gasteiger charge is 2.55. The minimum atomic E-state index is -1.44. The lowest BCUT2D eigenvalue weighted by atomic mass is 9.99. The van der Waals surface area contributed by atoms with Crippen LogP contribution in [-0.2, 0) is 5.72 Å². The molecule has 0 spiro atoms. The Hall–Kier alpha value is -2.40. The van der Waals surface area contributed by atoms with E-state index in [-0.39, 0.29) is 5.56 Å². The molecule has 1 N–H and O–H groups in total. The third kappa shape index (κ3) is 2.76. The van der Waals surface area contributed by atoms with Crippen LogP contribution in [0, 0.1) is 5.82 Å². The molecule has 0 saturated heterocycles. The lowest BCUT2D eigenvalue weighted by Crippen LogP contribution is -2.48. The molecule has 4 rings (SSSR count). The number of benzene rings is 2. The third-order valence-corrected chi connectivity index (χ3v) is 5.35. The average Bonchev–Trinajstić information content (AvgIpc) is 2.78. The summed E-state index contributed by atoms with van der Waals surface area (Å²) in [6.07, 6.45) is 4.23. The smallest absolute Gasteiger partial charge is 0.278 e. The molecule has 0 unspecified atom stereocenters. The SMILES string of the molecule is COc1ccc([C@@]2(O)C[N+]3=C(CCCCC3)N2c2ccccc2)c(F)c1. The summed E-state index contributed by atoms with van der Waals surface area (Å²) < 4.78 is 22.2. The Morgan fingerprint density at radius 2 is 1.92 bits per heavy atom. The molecule has 1 atom stereocenters. The number of halogens is 1. The molecule has 0 radical (unpaired) electrons. The van der Waals surface area contributed by atoms with Gasteiger partial charge in [0.25, 0.3) is 11.6 Å². The summed E-state index contributed by atoms with van der Waals surface area (Å²) >= 11 is 0. The van der Waals surface area contributed by atoms with Crippen LogP contribution >= 0.6 is 0 Å². The van der Waals surface area contributed by atoms with Crippen LogP contribution in [0.2, 0.25) is 0 Å². The minimum absolute atomic E-state index is 0.280. The van der Waals surface area contributed by atoms with E-state index in [1.807, 2.05) is 35.2 Å². The molecule has 4 nitrogen and oxygen atoms in total. The fourth-order valence-electron chi connectivity index (χ4n) is 4.12. The summed E-state index contributed by atoms with van der Waals surface area (Å²) in [6, 6.07) is 14.4. The minimum Gasteiger partial charge on any atom is -0.497 e. The lowest BCUT2D eigenvalue weighted by Gasteiger charge is -2.29. The van der Waals surface area contributed by atoms with E-state index in [0.29, 0.717) is 12.3 Å². The molecular formula is C21H24FN2O2+. The highest BCUT2D eigenvalue weighted by atomic mass is 19.1. The van der Waals surface area contributed by atoms with Gasteiger partial charge in [0.2, 0.25) is 0 Å². The first-order valence-electron chi connectivity index (χ1n) is 9.16. The molecule has 0 saturated carbocycles. The van der Waals surface area contributed by atoms with Crippen molar-refractivity contribution in [2.24, 2.45) is 0 Å². The first kappa shape index (κ1) is 17.0. The molecule has 0 fully saturated rings. The molecule has 26 heavy (non-hydrogen) atoms. The molecule has 2 heterocycles. The lowest BCUT2D eigenvalue weighted by molar-refractivity contribution is -0.534. The van der Waals surface area contributed by atoms with Crippen molar-refractivity contribution in [1.29, 1.82) is 0 Å². The van der Waals surface area contributed by atoms with Crippen molar-refractivity contribution >= 4 is 11.5 Å². The summed E-state index contributed by atoms with van der Waals surface area (Å²) in [5.74, 6) is 1.07. The fraction of sp³-hybridized carbons (Fsp3) is 0.381. The number of ether oxygens (including phenoxy) is 1. The van der Waals surface area contributed by atoms with Crippen LogP contribution < -0.4 is 9.64 Å². The van der Waals surface area contributed by atoms with E-state index < -0.39 is 11.5 Å². The number of hydrogen-bond donors (Lipinski definition) is 1. The molecule has 2 aliphatic heterocycles. The van der Waals surface area contributed by atoms with Crippen molar-refractivity contribution in [3.05, 3.63) is 59.9 Å². The molecule has 0 bridgehead atoms. The molecule has 136 valence electrons. The van der Waals surface area contributed by atoms with Gasteiger partial charge >= 0.3 is 0 Å². The second-order valence-corrected chi connectivity index (χ2v) is 6.98. The monoisotopic (exact) mass is 355 g/mol. The fourth-order valence-corrected chi connectivity index (χ4v) is 4.12. The molecule has 0 amide bonds. The first-order valence-corrected chi connectivity index (χ1v) is 9.16. The molecule has 2 aromatic rings. The molecule has 0 aromatic heterocycles. The normalized spacial score (nSPS) is 23.0. The van der Waals surface area contributed by atoms with Crippen molar-refractivity contribution in [3.63, 3.8) is 0 Å². The highest BCUT2D eigenvalue weighted by molar-refractivity contribution is 5.97. The van der Waals surface area contributed by atoms with Gasteiger partial charge in [-0.3, -0.25) is 4.58 Å². The van der Waals surface area contributed by atoms with E-state index in [1.165, 1.54) is 19.6 Å². The van der Waals surface area contributed by atoms with Crippen LogP contribution in [0.15, 0.2) is 48.5 Å². The Bertz CT molecular complexity index is 837. The number of amidine groups is 1. The molecule has 0 aliphatic carbocycles. The van der Waals surface area contributed by atoms with Crippen molar-refractivity contribution in [1.82, 2.24) is 0 Å². The maximum Gasteiger partial charge on any atom is 0.278 e. The van der Waals surface area contributed by atoms with Crippen molar-refractivity contribution in [2.75, 3.05) is 25.1 Å². The second kappa shape index (κ2) is 6.72. The topological polar surface area (TPSA) is 35.7 Å². The second-order valence-electron chi connectivity index (χ2n) is 6.98. The van der Waals surface area contributed by atoms with Gasteiger partial charge in [0.05, 0.1) is 19.2 Å². The largest absolute Gasteiger partial charge is 0.497 e. The number of para-hydroxylation sites is 1. The Balaban J connectivity index is 1.84. The predicted octanol–water partition coefficient (Wildman–Crippen LogP) is 3.48. The molecule has 5 heteroatoms. The quantitative estimate of drug-likeness (QED) is 0.856. The Kier molecular flexibility index (Phi) is 4.41. The van der Waals surface area contributed by atoms with Gasteiger partial charge in [-0.2, -0.15) is 4.90 Å². The molecule has 2 aliphatic rings. The van der Waals surface area contributed by atoms with E-state index in [1.54, 1.807) is 12.1 Å². The predicted molar refractivity (Wildman–Crippen MR) is 99.2 cm³/mol. The van der Waals surface area contributed by atoms with Crippen LogP contribution in [0.3, 0.4) is 0 Å². The zero-order valence-corrected chi connectivity index (χ0v) is 15.0. The summed E-state index contributed by atoms with van der Waals surface area (Å²) in [6.45, 7) is 1.25.